The van der Waals surface area contributed by atoms with Crippen LogP contribution < -0.4 is 4.72 Å². The molecule has 19 heavy (non-hydrogen) atoms. The van der Waals surface area contributed by atoms with Gasteiger partial charge in [-0.1, -0.05) is 22.4 Å². The first-order valence-corrected chi connectivity index (χ1v) is 8.64. The highest BCUT2D eigenvalue weighted by Crippen LogP contribution is 2.28. The topological polar surface area (TPSA) is 46.2 Å². The van der Waals surface area contributed by atoms with Crippen LogP contribution in [-0.2, 0) is 10.0 Å². The van der Waals surface area contributed by atoms with Crippen molar-refractivity contribution in [3.63, 3.8) is 0 Å². The van der Waals surface area contributed by atoms with Crippen LogP contribution in [0.3, 0.4) is 0 Å². The van der Waals surface area contributed by atoms with Crippen LogP contribution in [0.25, 0.3) is 0 Å². The average Bonchev–Trinajstić information content (AvgIpc) is 2.61. The monoisotopic (exact) mass is 349 g/mol. The summed E-state index contributed by atoms with van der Waals surface area (Å²) in [7, 11) is -3.60. The number of rotatable bonds is 3. The van der Waals surface area contributed by atoms with Crippen molar-refractivity contribution in [1.29, 1.82) is 0 Å². The Morgan fingerprint density at radius 3 is 2.32 bits per heavy atom. The van der Waals surface area contributed by atoms with E-state index in [1.54, 1.807) is 13.8 Å². The molecule has 106 valence electrons. The molecule has 1 saturated carbocycles. The maximum Gasteiger partial charge on any atom is 0.241 e. The second kappa shape index (κ2) is 5.50. The quantitative estimate of drug-likeness (QED) is 0.852. The van der Waals surface area contributed by atoms with Crippen molar-refractivity contribution in [2.24, 2.45) is 0 Å². The molecule has 0 spiro atoms. The van der Waals surface area contributed by atoms with E-state index in [2.05, 4.69) is 20.7 Å². The lowest BCUT2D eigenvalue weighted by molar-refractivity contribution is 0.554. The predicted octanol–water partition coefficient (Wildman–Crippen LogP) is 3.04. The molecule has 0 bridgehead atoms. The van der Waals surface area contributed by atoms with Crippen molar-refractivity contribution in [2.75, 3.05) is 0 Å². The summed E-state index contributed by atoms with van der Waals surface area (Å²) in [4.78, 5) is 0.365. The molecule has 0 saturated heterocycles. The van der Waals surface area contributed by atoms with Gasteiger partial charge in [-0.3, -0.25) is 0 Å². The lowest BCUT2D eigenvalue weighted by Gasteiger charge is -2.18. The van der Waals surface area contributed by atoms with Crippen LogP contribution in [0.5, 0.6) is 0 Å². The minimum atomic E-state index is -3.60. The van der Waals surface area contributed by atoms with Gasteiger partial charge in [0.05, 0.1) is 4.90 Å². The van der Waals surface area contributed by atoms with Gasteiger partial charge >= 0.3 is 0 Å². The second-order valence-corrected chi connectivity index (χ2v) is 7.87. The molecular weight excluding hydrogens is 333 g/mol. The Hall–Kier alpha value is -0.460. The fraction of sp³-hybridized carbons (Fsp3) is 0.538. The largest absolute Gasteiger partial charge is 0.241 e. The number of hydrogen-bond acceptors (Lipinski definition) is 2. The number of sulfonamides is 1. The van der Waals surface area contributed by atoms with Crippen molar-refractivity contribution >= 4 is 26.0 Å². The summed E-state index contributed by atoms with van der Waals surface area (Å²) in [6, 6.07) is 2.41. The van der Waals surface area contributed by atoms with Crippen LogP contribution in [0.4, 0.5) is 4.39 Å². The first kappa shape index (κ1) is 14.9. The van der Waals surface area contributed by atoms with Gasteiger partial charge in [-0.2, -0.15) is 0 Å². The van der Waals surface area contributed by atoms with Crippen LogP contribution in [0.15, 0.2) is 17.0 Å². The van der Waals surface area contributed by atoms with E-state index in [0.29, 0.717) is 11.1 Å². The molecule has 0 aliphatic heterocycles. The van der Waals surface area contributed by atoms with E-state index in [-0.39, 0.29) is 15.8 Å². The summed E-state index contributed by atoms with van der Waals surface area (Å²) in [5.41, 5.74) is 0.878. The number of hydrogen-bond donors (Lipinski definition) is 1. The fourth-order valence-corrected chi connectivity index (χ4v) is 5.29. The molecule has 2 atom stereocenters. The highest BCUT2D eigenvalue weighted by Gasteiger charge is 2.30. The highest BCUT2D eigenvalue weighted by atomic mass is 79.9. The molecule has 1 aromatic rings. The highest BCUT2D eigenvalue weighted by molar-refractivity contribution is 9.09. The normalized spacial score (nSPS) is 23.8. The molecule has 0 amide bonds. The average molecular weight is 350 g/mol. The fourth-order valence-electron chi connectivity index (χ4n) is 2.63. The third-order valence-electron chi connectivity index (χ3n) is 3.43. The zero-order valence-corrected chi connectivity index (χ0v) is 13.3. The first-order chi connectivity index (χ1) is 8.81. The number of alkyl halides is 1. The molecule has 6 heteroatoms. The van der Waals surface area contributed by atoms with E-state index in [4.69, 9.17) is 0 Å². The number of benzene rings is 1. The standard InChI is InChI=1S/C13H17BrFNO2S/c1-8-6-10(15)7-9(2)13(8)19(17,18)16-12-5-3-4-11(12)14/h6-7,11-12,16H,3-5H2,1-2H3. The lowest BCUT2D eigenvalue weighted by Crippen LogP contribution is -2.38. The molecule has 2 rings (SSSR count). The van der Waals surface area contributed by atoms with Gasteiger partial charge in [-0.15, -0.1) is 0 Å². The van der Waals surface area contributed by atoms with Crippen molar-refractivity contribution in [2.45, 2.75) is 48.9 Å². The van der Waals surface area contributed by atoms with Gasteiger partial charge in [0, 0.05) is 10.9 Å². The van der Waals surface area contributed by atoms with Crippen molar-refractivity contribution in [3.8, 4) is 0 Å². The first-order valence-electron chi connectivity index (χ1n) is 6.24. The molecule has 3 nitrogen and oxygen atoms in total. The Kier molecular flexibility index (Phi) is 4.32. The Bertz CT molecular complexity index is 565. The molecule has 1 aliphatic carbocycles. The van der Waals surface area contributed by atoms with Gasteiger partial charge in [0.2, 0.25) is 10.0 Å². The molecule has 2 unspecified atom stereocenters. The summed E-state index contributed by atoms with van der Waals surface area (Å²) in [5, 5.41) is 0. The number of halogens is 2. The van der Waals surface area contributed by atoms with Gasteiger partial charge in [-0.25, -0.2) is 17.5 Å². The van der Waals surface area contributed by atoms with Crippen molar-refractivity contribution in [1.82, 2.24) is 4.72 Å². The molecule has 0 radical (unpaired) electrons. The Morgan fingerprint density at radius 2 is 1.84 bits per heavy atom. The third kappa shape index (κ3) is 3.17. The molecule has 0 heterocycles. The van der Waals surface area contributed by atoms with E-state index >= 15 is 0 Å². The SMILES string of the molecule is Cc1cc(F)cc(C)c1S(=O)(=O)NC1CCCC1Br. The second-order valence-electron chi connectivity index (χ2n) is 5.04. The summed E-state index contributed by atoms with van der Waals surface area (Å²) in [6.07, 6.45) is 2.80. The van der Waals surface area contributed by atoms with Crippen LogP contribution >= 0.6 is 15.9 Å². The van der Waals surface area contributed by atoms with E-state index in [9.17, 15) is 12.8 Å². The van der Waals surface area contributed by atoms with Crippen LogP contribution in [0, 0.1) is 19.7 Å². The molecule has 1 aliphatic rings. The molecule has 1 fully saturated rings. The summed E-state index contributed by atoms with van der Waals surface area (Å²) >= 11 is 3.49. The van der Waals surface area contributed by atoms with Crippen LogP contribution in [0.2, 0.25) is 0 Å². The van der Waals surface area contributed by atoms with Gasteiger partial charge in [0.1, 0.15) is 5.82 Å². The predicted molar refractivity (Wildman–Crippen MR) is 76.5 cm³/mol. The third-order valence-corrected chi connectivity index (χ3v) is 6.32. The zero-order chi connectivity index (χ0) is 14.2. The van der Waals surface area contributed by atoms with E-state index < -0.39 is 15.8 Å². The van der Waals surface area contributed by atoms with Crippen molar-refractivity contribution in [3.05, 3.63) is 29.1 Å². The van der Waals surface area contributed by atoms with E-state index in [1.807, 2.05) is 0 Å². The van der Waals surface area contributed by atoms with Crippen LogP contribution in [0.1, 0.15) is 30.4 Å². The Balaban J connectivity index is 2.34. The maximum atomic E-state index is 13.2. The molecule has 1 N–H and O–H groups in total. The molecular formula is C13H17BrFNO2S. The van der Waals surface area contributed by atoms with E-state index in [1.165, 1.54) is 12.1 Å². The van der Waals surface area contributed by atoms with E-state index in [0.717, 1.165) is 19.3 Å². The minimum Gasteiger partial charge on any atom is -0.207 e. The molecule has 1 aromatic carbocycles. The van der Waals surface area contributed by atoms with Gasteiger partial charge in [0.25, 0.3) is 0 Å². The number of nitrogens with one attached hydrogen (secondary N) is 1. The lowest BCUT2D eigenvalue weighted by atomic mass is 10.1. The van der Waals surface area contributed by atoms with Gasteiger partial charge in [0.15, 0.2) is 0 Å². The van der Waals surface area contributed by atoms with Crippen LogP contribution in [-0.4, -0.2) is 19.3 Å². The summed E-state index contributed by atoms with van der Waals surface area (Å²) in [6.45, 7) is 3.23. The van der Waals surface area contributed by atoms with Gasteiger partial charge in [-0.05, 0) is 49.9 Å². The molecule has 0 aromatic heterocycles. The summed E-state index contributed by atoms with van der Waals surface area (Å²) in [5.74, 6) is -0.409. The maximum absolute atomic E-state index is 13.2. The Labute approximate surface area is 121 Å². The number of aryl methyl sites for hydroxylation is 2. The van der Waals surface area contributed by atoms with Crippen molar-refractivity contribution < 1.29 is 12.8 Å². The van der Waals surface area contributed by atoms with Gasteiger partial charge < -0.3 is 0 Å². The summed E-state index contributed by atoms with van der Waals surface area (Å²) < 4.78 is 40.8. The smallest absolute Gasteiger partial charge is 0.207 e. The zero-order valence-electron chi connectivity index (χ0n) is 10.9. The minimum absolute atomic E-state index is 0.0890. The Morgan fingerprint density at radius 1 is 1.26 bits per heavy atom.